The van der Waals surface area contributed by atoms with Crippen LogP contribution in [-0.2, 0) is 19.4 Å². The first kappa shape index (κ1) is 11.2. The summed E-state index contributed by atoms with van der Waals surface area (Å²) in [6.45, 7) is 0. The number of nitrogens with two attached hydrogens (primary N) is 2. The quantitative estimate of drug-likeness (QED) is 0.358. The van der Waals surface area contributed by atoms with Crippen LogP contribution in [0.15, 0.2) is 0 Å². The fraction of sp³-hybridized carbons (Fsp3) is 0.400. The van der Waals surface area contributed by atoms with Gasteiger partial charge in [0.15, 0.2) is 0 Å². The largest absolute Gasteiger partial charge is 0.480 e. The Balaban J connectivity index is 3.74. The zero-order chi connectivity index (χ0) is 10.4. The van der Waals surface area contributed by atoms with E-state index in [0.717, 1.165) is 0 Å². The van der Waals surface area contributed by atoms with Crippen molar-refractivity contribution < 1.29 is 29.3 Å². The normalized spacial score (nSPS) is 11.5. The number of carboxylic acid groups (broad SMARTS) is 1. The van der Waals surface area contributed by atoms with Crippen molar-refractivity contribution in [2.75, 3.05) is 0 Å². The maximum absolute atomic E-state index is 10.6. The van der Waals surface area contributed by atoms with Crippen molar-refractivity contribution in [1.29, 1.82) is 0 Å². The average molecular weight is 192 g/mol. The van der Waals surface area contributed by atoms with Crippen LogP contribution >= 0.6 is 0 Å². The summed E-state index contributed by atoms with van der Waals surface area (Å²) in [5, 5.41) is 8.24. The zero-order valence-corrected chi connectivity index (χ0v) is 6.43. The molecule has 1 unspecified atom stereocenters. The van der Waals surface area contributed by atoms with E-state index in [9.17, 15) is 14.4 Å². The number of carboxylic acids is 1. The number of carbonyl (C=O) groups is 3. The third-order valence-electron chi connectivity index (χ3n) is 0.921. The summed E-state index contributed by atoms with van der Waals surface area (Å²) >= 11 is 0. The zero-order valence-electron chi connectivity index (χ0n) is 6.43. The first-order valence-corrected chi connectivity index (χ1v) is 3.08. The molecule has 13 heavy (non-hydrogen) atoms. The molecule has 0 aliphatic heterocycles. The van der Waals surface area contributed by atoms with Gasteiger partial charge in [-0.05, 0) is 0 Å². The van der Waals surface area contributed by atoms with Crippen molar-refractivity contribution >= 4 is 18.0 Å². The van der Waals surface area contributed by atoms with E-state index in [2.05, 4.69) is 15.5 Å². The molecule has 1 amide bonds. The predicted molar refractivity (Wildman–Crippen MR) is 37.0 cm³/mol. The molecule has 0 radical (unpaired) electrons. The summed E-state index contributed by atoms with van der Waals surface area (Å²) < 4.78 is 0. The molecule has 0 bridgehead atoms. The van der Waals surface area contributed by atoms with Crippen LogP contribution in [0, 0.1) is 0 Å². The van der Waals surface area contributed by atoms with Gasteiger partial charge in [-0.15, -0.1) is 0 Å². The lowest BCUT2D eigenvalue weighted by Crippen LogP contribution is -2.33. The molecule has 0 saturated carbocycles. The highest BCUT2D eigenvalue weighted by Gasteiger charge is 2.18. The first-order chi connectivity index (χ1) is 5.93. The molecule has 74 valence electrons. The standard InChI is InChI=1S/C5H8N2O6/c6-2(4(9)10)1-3(8)12-13-5(7)11/h2H,1,6H2,(H2,7,11)(H,9,10). The number of hydrogen-bond donors (Lipinski definition) is 3. The Morgan fingerprint density at radius 3 is 2.23 bits per heavy atom. The van der Waals surface area contributed by atoms with E-state index in [4.69, 9.17) is 10.8 Å². The smallest absolute Gasteiger partial charge is 0.447 e. The molecule has 0 aliphatic rings. The lowest BCUT2D eigenvalue weighted by Gasteiger charge is -2.03. The Bertz CT molecular complexity index is 227. The van der Waals surface area contributed by atoms with Crippen molar-refractivity contribution in [2.45, 2.75) is 12.5 Å². The Morgan fingerprint density at radius 1 is 1.31 bits per heavy atom. The van der Waals surface area contributed by atoms with Crippen LogP contribution in [-0.4, -0.2) is 29.2 Å². The minimum absolute atomic E-state index is 0.609. The molecule has 0 aromatic heterocycles. The Hall–Kier alpha value is -1.83. The molecule has 0 aliphatic carbocycles. The molecule has 1 atom stereocenters. The predicted octanol–water partition coefficient (Wildman–Crippen LogP) is -1.66. The van der Waals surface area contributed by atoms with E-state index in [-0.39, 0.29) is 0 Å². The summed E-state index contributed by atoms with van der Waals surface area (Å²) in [5.41, 5.74) is 9.40. The second-order valence-corrected chi connectivity index (χ2v) is 2.01. The highest BCUT2D eigenvalue weighted by molar-refractivity contribution is 5.81. The van der Waals surface area contributed by atoms with Crippen LogP contribution in [0.3, 0.4) is 0 Å². The van der Waals surface area contributed by atoms with E-state index in [0.29, 0.717) is 0 Å². The summed E-state index contributed by atoms with van der Waals surface area (Å²) in [6.07, 6.45) is -1.92. The van der Waals surface area contributed by atoms with E-state index in [1.54, 1.807) is 0 Å². The Morgan fingerprint density at radius 2 is 1.85 bits per heavy atom. The minimum atomic E-state index is -1.40. The van der Waals surface area contributed by atoms with Gasteiger partial charge < -0.3 is 16.6 Å². The summed E-state index contributed by atoms with van der Waals surface area (Å²) in [4.78, 5) is 38.0. The molecule has 8 heteroatoms. The van der Waals surface area contributed by atoms with Gasteiger partial charge >= 0.3 is 18.0 Å². The number of hydrogen-bond acceptors (Lipinski definition) is 6. The van der Waals surface area contributed by atoms with Crippen molar-refractivity contribution in [1.82, 2.24) is 0 Å². The second-order valence-electron chi connectivity index (χ2n) is 2.01. The highest BCUT2D eigenvalue weighted by atomic mass is 17.2. The maximum atomic E-state index is 10.6. The number of rotatable bonds is 3. The number of carbonyl (C=O) groups excluding carboxylic acids is 2. The van der Waals surface area contributed by atoms with E-state index >= 15 is 0 Å². The molecule has 0 fully saturated rings. The average Bonchev–Trinajstić information content (AvgIpc) is 2.00. The monoisotopic (exact) mass is 192 g/mol. The second kappa shape index (κ2) is 4.93. The minimum Gasteiger partial charge on any atom is -0.480 e. The summed E-state index contributed by atoms with van der Waals surface area (Å²) in [5.74, 6) is -2.45. The van der Waals surface area contributed by atoms with Crippen LogP contribution in [0.4, 0.5) is 4.79 Å². The molecule has 0 aromatic carbocycles. The molecule has 0 spiro atoms. The van der Waals surface area contributed by atoms with Crippen LogP contribution in [0.1, 0.15) is 6.42 Å². The third kappa shape index (κ3) is 5.44. The first-order valence-electron chi connectivity index (χ1n) is 3.08. The maximum Gasteiger partial charge on any atom is 0.447 e. The van der Waals surface area contributed by atoms with Gasteiger partial charge in [-0.1, -0.05) is 0 Å². The van der Waals surface area contributed by atoms with E-state index in [1.807, 2.05) is 0 Å². The van der Waals surface area contributed by atoms with Crippen LogP contribution < -0.4 is 11.5 Å². The Labute approximate surface area is 72.3 Å². The fourth-order valence-electron chi connectivity index (χ4n) is 0.388. The molecular weight excluding hydrogens is 184 g/mol. The molecule has 0 heterocycles. The van der Waals surface area contributed by atoms with Gasteiger partial charge in [0.25, 0.3) is 0 Å². The lowest BCUT2D eigenvalue weighted by molar-refractivity contribution is -0.231. The van der Waals surface area contributed by atoms with Crippen LogP contribution in [0.25, 0.3) is 0 Å². The van der Waals surface area contributed by atoms with Gasteiger partial charge in [0, 0.05) is 0 Å². The molecule has 0 saturated heterocycles. The van der Waals surface area contributed by atoms with E-state index < -0.39 is 30.5 Å². The SMILES string of the molecule is NC(=O)OOC(=O)CC(N)C(=O)O. The molecule has 0 rings (SSSR count). The summed E-state index contributed by atoms with van der Waals surface area (Å²) in [6, 6.07) is -1.40. The molecule has 5 N–H and O–H groups in total. The van der Waals surface area contributed by atoms with Crippen LogP contribution in [0.2, 0.25) is 0 Å². The van der Waals surface area contributed by atoms with Crippen molar-refractivity contribution in [3.8, 4) is 0 Å². The van der Waals surface area contributed by atoms with Gasteiger partial charge in [-0.2, -0.15) is 0 Å². The number of aliphatic carboxylic acids is 1. The molecule has 8 nitrogen and oxygen atoms in total. The number of primary amides is 1. The summed E-state index contributed by atoms with van der Waals surface area (Å²) in [7, 11) is 0. The molecule has 0 aromatic rings. The van der Waals surface area contributed by atoms with E-state index in [1.165, 1.54) is 0 Å². The molecular formula is C5H8N2O6. The van der Waals surface area contributed by atoms with Crippen LogP contribution in [0.5, 0.6) is 0 Å². The van der Waals surface area contributed by atoms with Gasteiger partial charge in [-0.3, -0.25) is 4.79 Å². The van der Waals surface area contributed by atoms with Crippen molar-refractivity contribution in [3.05, 3.63) is 0 Å². The van der Waals surface area contributed by atoms with Gasteiger partial charge in [-0.25, -0.2) is 19.4 Å². The Kier molecular flexibility index (Phi) is 4.24. The lowest BCUT2D eigenvalue weighted by atomic mass is 10.2. The number of amides is 1. The van der Waals surface area contributed by atoms with Gasteiger partial charge in [0.05, 0.1) is 6.42 Å². The van der Waals surface area contributed by atoms with Gasteiger partial charge in [0.2, 0.25) is 0 Å². The fourth-order valence-corrected chi connectivity index (χ4v) is 0.388. The highest BCUT2D eigenvalue weighted by Crippen LogP contribution is 1.92. The van der Waals surface area contributed by atoms with Crippen molar-refractivity contribution in [2.24, 2.45) is 11.5 Å². The third-order valence-corrected chi connectivity index (χ3v) is 0.921. The van der Waals surface area contributed by atoms with Gasteiger partial charge in [0.1, 0.15) is 6.04 Å². The van der Waals surface area contributed by atoms with Crippen molar-refractivity contribution in [3.63, 3.8) is 0 Å². The topological polar surface area (TPSA) is 142 Å².